The number of rotatable bonds is 5. The first-order valence-corrected chi connectivity index (χ1v) is 6.92. The zero-order valence-electron chi connectivity index (χ0n) is 12.2. The Morgan fingerprint density at radius 2 is 1.73 bits per heavy atom. The maximum atomic E-state index is 12.0. The highest BCUT2D eigenvalue weighted by molar-refractivity contribution is 5.99. The number of likely N-dealkylation sites (N-methyl/N-ethyl adjacent to an activating group) is 1. The van der Waals surface area contributed by atoms with Crippen LogP contribution < -0.4 is 5.32 Å². The maximum Gasteiger partial charge on any atom is 0.405 e. The predicted molar refractivity (Wildman–Crippen MR) is 69.9 cm³/mol. The summed E-state index contributed by atoms with van der Waals surface area (Å²) in [5.74, 6) is -3.03. The monoisotopic (exact) mass is 324 g/mol. The number of carboxylic acids is 1. The molecular weight excluding hydrogens is 305 g/mol. The first-order valence-electron chi connectivity index (χ1n) is 6.92. The first-order chi connectivity index (χ1) is 10.1. The number of nitrogens with one attached hydrogen (secondary N) is 1. The molecule has 2 N–H and O–H groups in total. The van der Waals surface area contributed by atoms with E-state index in [-0.39, 0.29) is 12.8 Å². The highest BCUT2D eigenvalue weighted by Crippen LogP contribution is 2.33. The molecule has 0 radical (unpaired) electrons. The number of hydrogen-bond acceptors (Lipinski definition) is 3. The van der Waals surface area contributed by atoms with Crippen molar-refractivity contribution in [1.29, 1.82) is 0 Å². The molecule has 0 heterocycles. The minimum absolute atomic E-state index is 0.273. The van der Waals surface area contributed by atoms with E-state index < -0.39 is 42.5 Å². The van der Waals surface area contributed by atoms with Crippen LogP contribution in [0.5, 0.6) is 0 Å². The van der Waals surface area contributed by atoms with Crippen LogP contribution in [0.25, 0.3) is 0 Å². The van der Waals surface area contributed by atoms with Crippen LogP contribution in [0, 0.1) is 0 Å². The molecule has 0 bridgehead atoms. The van der Waals surface area contributed by atoms with Crippen LogP contribution in [-0.4, -0.2) is 53.1 Å². The van der Waals surface area contributed by atoms with Crippen molar-refractivity contribution in [3.63, 3.8) is 0 Å². The average Bonchev–Trinajstić information content (AvgIpc) is 2.44. The van der Waals surface area contributed by atoms with E-state index in [1.807, 2.05) is 0 Å². The van der Waals surface area contributed by atoms with Crippen molar-refractivity contribution in [2.75, 3.05) is 13.6 Å². The van der Waals surface area contributed by atoms with Gasteiger partial charge in [-0.2, -0.15) is 13.2 Å². The lowest BCUT2D eigenvalue weighted by atomic mass is 9.80. The van der Waals surface area contributed by atoms with Crippen LogP contribution >= 0.6 is 0 Å². The van der Waals surface area contributed by atoms with Gasteiger partial charge in [0.25, 0.3) is 0 Å². The molecule has 126 valence electrons. The summed E-state index contributed by atoms with van der Waals surface area (Å²) in [6, 6.07) is 0. The second-order valence-electron chi connectivity index (χ2n) is 5.42. The normalized spacial score (nSPS) is 17.6. The van der Waals surface area contributed by atoms with Crippen LogP contribution in [0.1, 0.15) is 38.5 Å². The van der Waals surface area contributed by atoms with E-state index in [4.69, 9.17) is 0 Å². The van der Waals surface area contributed by atoms with Crippen molar-refractivity contribution in [1.82, 2.24) is 10.2 Å². The Morgan fingerprint density at radius 1 is 1.18 bits per heavy atom. The van der Waals surface area contributed by atoms with Crippen LogP contribution in [0.3, 0.4) is 0 Å². The molecule has 1 fully saturated rings. The van der Waals surface area contributed by atoms with Gasteiger partial charge in [0.1, 0.15) is 18.5 Å². The fraction of sp³-hybridized carbons (Fsp3) is 0.769. The van der Waals surface area contributed by atoms with E-state index in [1.165, 1.54) is 7.05 Å². The van der Waals surface area contributed by atoms with Gasteiger partial charge in [-0.1, -0.05) is 19.3 Å². The second kappa shape index (κ2) is 6.97. The Labute approximate surface area is 125 Å². The zero-order valence-corrected chi connectivity index (χ0v) is 12.2. The number of halogens is 3. The standard InChI is InChI=1S/C13H19F3N2O4/c1-18(12(11(21)22)5-3-2-4-6-12)10(20)7-9(19)17-8-13(14,15)16/h2-8H2,1H3,(H,17,19)(H,21,22). The summed E-state index contributed by atoms with van der Waals surface area (Å²) in [5, 5.41) is 11.0. The molecule has 1 aliphatic carbocycles. The quantitative estimate of drug-likeness (QED) is 0.746. The topological polar surface area (TPSA) is 86.7 Å². The first kappa shape index (κ1) is 18.2. The summed E-state index contributed by atoms with van der Waals surface area (Å²) >= 11 is 0. The van der Waals surface area contributed by atoms with Gasteiger partial charge in [-0.15, -0.1) is 0 Å². The predicted octanol–water partition coefficient (Wildman–Crippen LogP) is 1.30. The minimum atomic E-state index is -4.56. The third kappa shape index (κ3) is 4.60. The number of carboxylic acid groups (broad SMARTS) is 1. The molecule has 0 aromatic rings. The van der Waals surface area contributed by atoms with Crippen molar-refractivity contribution in [3.05, 3.63) is 0 Å². The Hall–Kier alpha value is -1.80. The Kier molecular flexibility index (Phi) is 5.78. The summed E-state index contributed by atoms with van der Waals surface area (Å²) in [5.41, 5.74) is -1.38. The van der Waals surface area contributed by atoms with Gasteiger partial charge >= 0.3 is 12.1 Å². The number of nitrogens with zero attached hydrogens (tertiary/aromatic N) is 1. The molecule has 1 aliphatic rings. The third-order valence-electron chi connectivity index (χ3n) is 3.89. The van der Waals surface area contributed by atoms with Crippen molar-refractivity contribution in [3.8, 4) is 0 Å². The molecule has 1 rings (SSSR count). The van der Waals surface area contributed by atoms with Crippen LogP contribution in [-0.2, 0) is 14.4 Å². The molecule has 0 aliphatic heterocycles. The molecule has 6 nitrogen and oxygen atoms in total. The zero-order chi connectivity index (χ0) is 17.0. The Morgan fingerprint density at radius 3 is 2.18 bits per heavy atom. The number of aliphatic carboxylic acids is 1. The van der Waals surface area contributed by atoms with Crippen LogP contribution in [0.4, 0.5) is 13.2 Å². The summed E-state index contributed by atoms with van der Waals surface area (Å²) in [6.07, 6.45) is -2.67. The van der Waals surface area contributed by atoms with Gasteiger partial charge in [-0.25, -0.2) is 4.79 Å². The van der Waals surface area contributed by atoms with Crippen LogP contribution in [0.15, 0.2) is 0 Å². The molecular formula is C13H19F3N2O4. The smallest absolute Gasteiger partial charge is 0.405 e. The van der Waals surface area contributed by atoms with Crippen LogP contribution in [0.2, 0.25) is 0 Å². The lowest BCUT2D eigenvalue weighted by Gasteiger charge is -2.40. The molecule has 0 aromatic heterocycles. The molecule has 2 amide bonds. The average molecular weight is 324 g/mol. The molecule has 22 heavy (non-hydrogen) atoms. The SMILES string of the molecule is CN(C(=O)CC(=O)NCC(F)(F)F)C1(C(=O)O)CCCCC1. The molecule has 0 unspecified atom stereocenters. The van der Waals surface area contributed by atoms with Gasteiger partial charge in [-0.3, -0.25) is 9.59 Å². The van der Waals surface area contributed by atoms with Gasteiger partial charge in [0.2, 0.25) is 11.8 Å². The maximum absolute atomic E-state index is 12.0. The van der Waals surface area contributed by atoms with Crippen molar-refractivity contribution >= 4 is 17.8 Å². The number of alkyl halides is 3. The Bertz CT molecular complexity index is 445. The molecule has 0 spiro atoms. The summed E-state index contributed by atoms with van der Waals surface area (Å²) < 4.78 is 35.9. The number of hydrogen-bond donors (Lipinski definition) is 2. The largest absolute Gasteiger partial charge is 0.479 e. The minimum Gasteiger partial charge on any atom is -0.479 e. The Balaban J connectivity index is 2.66. The molecule has 0 atom stereocenters. The number of carbonyl (C=O) groups excluding carboxylic acids is 2. The van der Waals surface area contributed by atoms with Gasteiger partial charge in [0, 0.05) is 7.05 Å². The lowest BCUT2D eigenvalue weighted by Crippen LogP contribution is -2.56. The summed E-state index contributed by atoms with van der Waals surface area (Å²) in [7, 11) is 1.28. The molecule has 0 aromatic carbocycles. The molecule has 1 saturated carbocycles. The number of amides is 2. The van der Waals surface area contributed by atoms with Crippen molar-refractivity contribution in [2.24, 2.45) is 0 Å². The molecule has 9 heteroatoms. The third-order valence-corrected chi connectivity index (χ3v) is 3.89. The summed E-state index contributed by atoms with van der Waals surface area (Å²) in [6.45, 7) is -1.52. The van der Waals surface area contributed by atoms with Gasteiger partial charge in [-0.05, 0) is 12.8 Å². The lowest BCUT2D eigenvalue weighted by molar-refractivity contribution is -0.161. The van der Waals surface area contributed by atoms with E-state index in [2.05, 4.69) is 0 Å². The van der Waals surface area contributed by atoms with E-state index in [0.29, 0.717) is 12.8 Å². The second-order valence-corrected chi connectivity index (χ2v) is 5.42. The summed E-state index contributed by atoms with van der Waals surface area (Å²) in [4.78, 5) is 35.9. The highest BCUT2D eigenvalue weighted by atomic mass is 19.4. The van der Waals surface area contributed by atoms with E-state index in [9.17, 15) is 32.7 Å². The van der Waals surface area contributed by atoms with E-state index >= 15 is 0 Å². The highest BCUT2D eigenvalue weighted by Gasteiger charge is 2.45. The van der Waals surface area contributed by atoms with Crippen molar-refractivity contribution < 1.29 is 32.7 Å². The number of carbonyl (C=O) groups is 3. The fourth-order valence-electron chi connectivity index (χ4n) is 2.59. The van der Waals surface area contributed by atoms with Gasteiger partial charge < -0.3 is 15.3 Å². The van der Waals surface area contributed by atoms with Gasteiger partial charge in [0.05, 0.1) is 0 Å². The fourth-order valence-corrected chi connectivity index (χ4v) is 2.59. The van der Waals surface area contributed by atoms with E-state index in [1.54, 1.807) is 5.32 Å². The van der Waals surface area contributed by atoms with E-state index in [0.717, 1.165) is 11.3 Å². The van der Waals surface area contributed by atoms with Gasteiger partial charge in [0.15, 0.2) is 0 Å². The van der Waals surface area contributed by atoms with Crippen molar-refractivity contribution in [2.45, 2.75) is 50.2 Å². The molecule has 0 saturated heterocycles.